The summed E-state index contributed by atoms with van der Waals surface area (Å²) in [6, 6.07) is 10.4. The largest absolute Gasteiger partial charge is 0.340 e. The molecule has 1 aromatic rings. The molecule has 0 radical (unpaired) electrons. The number of benzene rings is 1. The lowest BCUT2D eigenvalue weighted by molar-refractivity contribution is 0.298. The molecule has 41 heavy (non-hydrogen) atoms. The molecule has 0 spiro atoms. The van der Waals surface area contributed by atoms with Gasteiger partial charge < -0.3 is 5.32 Å². The van der Waals surface area contributed by atoms with Gasteiger partial charge in [-0.3, -0.25) is 4.90 Å². The first kappa shape index (κ1) is 38.2. The molecule has 3 rings (SSSR count). The first-order chi connectivity index (χ1) is 19.8. The molecule has 4 atom stereocenters. The van der Waals surface area contributed by atoms with Gasteiger partial charge >= 0.3 is 15.6 Å². The van der Waals surface area contributed by atoms with Crippen LogP contribution in [0.1, 0.15) is 31.2 Å². The highest BCUT2D eigenvalue weighted by atomic mass is 31.1. The van der Waals surface area contributed by atoms with Crippen molar-refractivity contribution >= 4 is 47.3 Å². The highest BCUT2D eigenvalue weighted by Gasteiger charge is 2.22. The van der Waals surface area contributed by atoms with Crippen LogP contribution in [-0.2, 0) is 15.7 Å². The SMILES string of the molecule is CP1CCCP(C)CCNCCP(C)CCC1.CP1CCC[P+](=O)CCN(Cc2ccccc2)CC[P+](=O)CCC1. The van der Waals surface area contributed by atoms with E-state index in [1.807, 2.05) is 6.07 Å². The molecule has 4 unspecified atom stereocenters. The molecule has 2 fully saturated rings. The Bertz CT molecular complexity index is 790. The van der Waals surface area contributed by atoms with Crippen molar-refractivity contribution in [3.63, 3.8) is 0 Å². The zero-order chi connectivity index (χ0) is 29.7. The van der Waals surface area contributed by atoms with E-state index in [9.17, 15) is 9.13 Å². The molecule has 0 amide bonds. The van der Waals surface area contributed by atoms with E-state index in [0.717, 1.165) is 57.1 Å². The van der Waals surface area contributed by atoms with Crippen LogP contribution in [0.4, 0.5) is 0 Å². The predicted molar refractivity (Wildman–Crippen MR) is 198 cm³/mol. The molecule has 1 aromatic carbocycles. The predicted octanol–water partition coefficient (Wildman–Crippen LogP) is 8.75. The Morgan fingerprint density at radius 2 is 1.02 bits per heavy atom. The van der Waals surface area contributed by atoms with Gasteiger partial charge in [0.1, 0.15) is 12.3 Å². The zero-order valence-corrected chi connectivity index (χ0v) is 32.0. The number of nitrogens with zero attached hydrogens (tertiary/aromatic N) is 1. The van der Waals surface area contributed by atoms with Crippen molar-refractivity contribution in [2.45, 2.75) is 32.2 Å². The lowest BCUT2D eigenvalue weighted by atomic mass is 10.2. The average Bonchev–Trinajstić information content (AvgIpc) is 2.94. The molecule has 4 nitrogen and oxygen atoms in total. The third kappa shape index (κ3) is 20.7. The van der Waals surface area contributed by atoms with Crippen LogP contribution in [0, 0.1) is 0 Å². The van der Waals surface area contributed by atoms with Gasteiger partial charge in [0.25, 0.3) is 0 Å². The minimum Gasteiger partial charge on any atom is -0.316 e. The number of rotatable bonds is 2. The van der Waals surface area contributed by atoms with Crippen molar-refractivity contribution in [2.24, 2.45) is 0 Å². The van der Waals surface area contributed by atoms with Gasteiger partial charge in [-0.15, -0.1) is 31.7 Å². The normalized spacial score (nSPS) is 29.8. The summed E-state index contributed by atoms with van der Waals surface area (Å²) in [5, 5.41) is 3.65. The lowest BCUT2D eigenvalue weighted by Crippen LogP contribution is -2.28. The van der Waals surface area contributed by atoms with Crippen LogP contribution < -0.4 is 5.32 Å². The molecule has 0 aliphatic carbocycles. The molecule has 1 N–H and O–H groups in total. The van der Waals surface area contributed by atoms with Crippen molar-refractivity contribution in [2.75, 3.05) is 127 Å². The first-order valence-corrected chi connectivity index (χ1v) is 27.8. The third-order valence-electron chi connectivity index (χ3n) is 7.97. The second-order valence-electron chi connectivity index (χ2n) is 12.0. The highest BCUT2D eigenvalue weighted by Crippen LogP contribution is 2.39. The topological polar surface area (TPSA) is 49.4 Å². The maximum absolute atomic E-state index is 12.3. The van der Waals surface area contributed by atoms with Crippen LogP contribution in [0.5, 0.6) is 0 Å². The smallest absolute Gasteiger partial charge is 0.316 e. The molecule has 0 aromatic heterocycles. The van der Waals surface area contributed by atoms with Crippen LogP contribution in [-0.4, -0.2) is 132 Å². The number of hydrogen-bond acceptors (Lipinski definition) is 4. The maximum atomic E-state index is 12.3. The van der Waals surface area contributed by atoms with E-state index in [0.29, 0.717) is 23.8 Å². The maximum Gasteiger partial charge on any atom is 0.340 e. The van der Waals surface area contributed by atoms with Gasteiger partial charge in [0.05, 0.1) is 0 Å². The summed E-state index contributed by atoms with van der Waals surface area (Å²) >= 11 is 0. The standard InChI is InChI=1S/C18H30NO2P3.C13H30NP3/c1-22-11-5-13-23(20)15-9-19(10-16-24(21)14-6-12-22)17-18-7-3-2-4-8-18;1-15-8-4-10-16(2)12-6-14-7-13-17(3)11-5-9-15/h2-4,7-8H,5-6,9-17H2,1H3;14H,4-13H2,1-3H3/q+2;. The summed E-state index contributed by atoms with van der Waals surface area (Å²) in [4.78, 5) is 2.34. The second kappa shape index (κ2) is 24.3. The van der Waals surface area contributed by atoms with Gasteiger partial charge in [0.15, 0.2) is 12.3 Å². The highest BCUT2D eigenvalue weighted by molar-refractivity contribution is 7.58. The molecule has 10 heteroatoms. The minimum absolute atomic E-state index is 0.0522. The summed E-state index contributed by atoms with van der Waals surface area (Å²) in [5.74, 6) is 0. The summed E-state index contributed by atoms with van der Waals surface area (Å²) in [7, 11) is -1.11. The first-order valence-electron chi connectivity index (χ1n) is 15.9. The molecule has 2 aliphatic rings. The van der Waals surface area contributed by atoms with Crippen molar-refractivity contribution in [3.8, 4) is 0 Å². The monoisotopic (exact) mass is 678 g/mol. The van der Waals surface area contributed by atoms with E-state index in [4.69, 9.17) is 0 Å². The Hall–Kier alpha value is 1.06. The number of hydrogen-bond donors (Lipinski definition) is 1. The Balaban J connectivity index is 0.000000305. The molecule has 234 valence electrons. The molecular formula is C31H60N2O2P6+2. The van der Waals surface area contributed by atoms with Crippen molar-refractivity contribution in [1.29, 1.82) is 0 Å². The summed E-state index contributed by atoms with van der Waals surface area (Å²) in [6.45, 7) is 15.0. The molecule has 0 saturated carbocycles. The quantitative estimate of drug-likeness (QED) is 0.318. The second-order valence-corrected chi connectivity index (χ2v) is 26.1. The fraction of sp³-hybridized carbons (Fsp3) is 0.806. The van der Waals surface area contributed by atoms with Crippen molar-refractivity contribution < 1.29 is 9.13 Å². The van der Waals surface area contributed by atoms with E-state index in [2.05, 4.69) is 61.1 Å². The average molecular weight is 679 g/mol. The molecule has 2 heterocycles. The van der Waals surface area contributed by atoms with Gasteiger partial charge in [0, 0.05) is 19.6 Å². The fourth-order valence-corrected chi connectivity index (χ4v) is 14.8. The zero-order valence-electron chi connectivity index (χ0n) is 26.7. The minimum atomic E-state index is -1.09. The van der Waals surface area contributed by atoms with Crippen LogP contribution in [0.3, 0.4) is 0 Å². The van der Waals surface area contributed by atoms with E-state index in [1.54, 1.807) is 0 Å². The molecular weight excluding hydrogens is 618 g/mol. The van der Waals surface area contributed by atoms with Crippen molar-refractivity contribution in [3.05, 3.63) is 35.9 Å². The summed E-state index contributed by atoms with van der Waals surface area (Å²) in [5.41, 5.74) is 1.28. The Morgan fingerprint density at radius 3 is 1.49 bits per heavy atom. The van der Waals surface area contributed by atoms with Crippen LogP contribution in [0.2, 0.25) is 0 Å². The van der Waals surface area contributed by atoms with Crippen LogP contribution in [0.15, 0.2) is 30.3 Å². The third-order valence-corrected chi connectivity index (χ3v) is 19.5. The lowest BCUT2D eigenvalue weighted by Gasteiger charge is -2.19. The summed E-state index contributed by atoms with van der Waals surface area (Å²) in [6.07, 6.45) is 20.0. The Kier molecular flexibility index (Phi) is 22.7. The molecule has 2 aliphatic heterocycles. The van der Waals surface area contributed by atoms with Crippen molar-refractivity contribution in [1.82, 2.24) is 10.2 Å². The van der Waals surface area contributed by atoms with Gasteiger partial charge in [-0.2, -0.15) is 0 Å². The molecule has 0 bridgehead atoms. The van der Waals surface area contributed by atoms with Gasteiger partial charge in [-0.1, -0.05) is 39.5 Å². The van der Waals surface area contributed by atoms with Crippen LogP contribution in [0.25, 0.3) is 0 Å². The van der Waals surface area contributed by atoms with Gasteiger partial charge in [0.2, 0.25) is 0 Å². The number of nitrogens with one attached hydrogen (secondary N) is 1. The summed E-state index contributed by atoms with van der Waals surface area (Å²) < 4.78 is 24.6. The Morgan fingerprint density at radius 1 is 0.610 bits per heavy atom. The van der Waals surface area contributed by atoms with Crippen LogP contribution >= 0.6 is 47.3 Å². The van der Waals surface area contributed by atoms with E-state index in [-0.39, 0.29) is 7.92 Å². The van der Waals surface area contributed by atoms with E-state index in [1.165, 1.54) is 80.8 Å². The molecule has 2 saturated heterocycles. The Labute approximate surface area is 260 Å². The van der Waals surface area contributed by atoms with Gasteiger partial charge in [-0.05, 0) is 120 Å². The van der Waals surface area contributed by atoms with Gasteiger partial charge in [-0.25, -0.2) is 0 Å². The fourth-order valence-electron chi connectivity index (χ4n) is 5.21. The van der Waals surface area contributed by atoms with E-state index < -0.39 is 15.6 Å². The van der Waals surface area contributed by atoms with E-state index >= 15 is 0 Å².